The molecule has 0 aliphatic heterocycles. The quantitative estimate of drug-likeness (QED) is 0.726. The maximum atomic E-state index is 11.6. The van der Waals surface area contributed by atoms with Gasteiger partial charge in [-0.25, -0.2) is 13.4 Å². The van der Waals surface area contributed by atoms with Gasteiger partial charge in [0, 0.05) is 6.20 Å². The Kier molecular flexibility index (Phi) is 4.70. The van der Waals surface area contributed by atoms with Gasteiger partial charge in [0.25, 0.3) is 0 Å². The van der Waals surface area contributed by atoms with Crippen LogP contribution in [0, 0.1) is 6.92 Å². The molecule has 0 bridgehead atoms. The highest BCUT2D eigenvalue weighted by Gasteiger charge is 2.09. The normalized spacial score (nSPS) is 11.4. The molecule has 0 aliphatic carbocycles. The van der Waals surface area contributed by atoms with Gasteiger partial charge in [0.15, 0.2) is 0 Å². The maximum Gasteiger partial charge on any atom is 0.233 e. The molecule has 0 aliphatic rings. The van der Waals surface area contributed by atoms with E-state index in [1.165, 1.54) is 0 Å². The lowest BCUT2D eigenvalue weighted by molar-refractivity contribution is 0.597. The Morgan fingerprint density at radius 3 is 2.69 bits per heavy atom. The molecule has 0 atom stereocenters. The van der Waals surface area contributed by atoms with E-state index in [1.54, 1.807) is 12.3 Å². The highest BCUT2D eigenvalue weighted by molar-refractivity contribution is 7.92. The summed E-state index contributed by atoms with van der Waals surface area (Å²) in [5.41, 5.74) is 6.29. The summed E-state index contributed by atoms with van der Waals surface area (Å²) < 4.78 is 25.6. The van der Waals surface area contributed by atoms with Crippen molar-refractivity contribution in [2.75, 3.05) is 17.0 Å². The lowest BCUT2D eigenvalue weighted by Crippen LogP contribution is -2.18. The summed E-state index contributed by atoms with van der Waals surface area (Å²) in [5, 5.41) is 0. The Hall–Kier alpha value is -1.14. The zero-order chi connectivity index (χ0) is 12.0. The van der Waals surface area contributed by atoms with Crippen LogP contribution in [0.5, 0.6) is 0 Å². The van der Waals surface area contributed by atoms with Crippen molar-refractivity contribution in [2.24, 2.45) is 5.73 Å². The van der Waals surface area contributed by atoms with Crippen LogP contribution in [0.25, 0.3) is 0 Å². The second kappa shape index (κ2) is 5.81. The minimum Gasteiger partial charge on any atom is -0.330 e. The van der Waals surface area contributed by atoms with Gasteiger partial charge in [0.2, 0.25) is 10.0 Å². The van der Waals surface area contributed by atoms with Gasteiger partial charge in [0.1, 0.15) is 5.82 Å². The third kappa shape index (κ3) is 4.59. The Balaban J connectivity index is 2.55. The van der Waals surface area contributed by atoms with Crippen molar-refractivity contribution in [3.8, 4) is 0 Å². The molecule has 0 saturated carbocycles. The van der Waals surface area contributed by atoms with Crippen LogP contribution in [-0.2, 0) is 10.0 Å². The number of sulfonamides is 1. The molecule has 0 unspecified atom stereocenters. The summed E-state index contributed by atoms with van der Waals surface area (Å²) in [6.07, 6.45) is 2.90. The number of rotatable bonds is 6. The van der Waals surface area contributed by atoms with Crippen molar-refractivity contribution in [1.82, 2.24) is 4.98 Å². The molecule has 0 saturated heterocycles. The molecule has 3 N–H and O–H groups in total. The number of anilines is 1. The van der Waals surface area contributed by atoms with E-state index in [2.05, 4.69) is 9.71 Å². The fraction of sp³-hybridized carbons (Fsp3) is 0.500. The van der Waals surface area contributed by atoms with Crippen molar-refractivity contribution >= 4 is 15.8 Å². The van der Waals surface area contributed by atoms with Crippen LogP contribution >= 0.6 is 0 Å². The number of hydrogen-bond donors (Lipinski definition) is 2. The molecule has 0 fully saturated rings. The van der Waals surface area contributed by atoms with Gasteiger partial charge < -0.3 is 5.73 Å². The summed E-state index contributed by atoms with van der Waals surface area (Å²) in [6.45, 7) is 2.41. The maximum absolute atomic E-state index is 11.6. The zero-order valence-electron chi connectivity index (χ0n) is 9.31. The van der Waals surface area contributed by atoms with E-state index in [0.29, 0.717) is 25.2 Å². The zero-order valence-corrected chi connectivity index (χ0v) is 10.1. The Morgan fingerprint density at radius 2 is 2.12 bits per heavy atom. The molecular formula is C10H17N3O2S. The average Bonchev–Trinajstić information content (AvgIpc) is 2.21. The molecule has 6 heteroatoms. The summed E-state index contributed by atoms with van der Waals surface area (Å²) in [5.74, 6) is 0.443. The second-order valence-corrected chi connectivity index (χ2v) is 5.48. The minimum absolute atomic E-state index is 0.0831. The van der Waals surface area contributed by atoms with Crippen LogP contribution in [0.1, 0.15) is 18.4 Å². The molecular weight excluding hydrogens is 226 g/mol. The molecule has 1 aromatic heterocycles. The highest BCUT2D eigenvalue weighted by Crippen LogP contribution is 2.07. The lowest BCUT2D eigenvalue weighted by atomic mass is 10.3. The van der Waals surface area contributed by atoms with Crippen LogP contribution in [0.4, 0.5) is 5.82 Å². The van der Waals surface area contributed by atoms with Crippen molar-refractivity contribution in [2.45, 2.75) is 19.8 Å². The van der Waals surface area contributed by atoms with E-state index < -0.39 is 10.0 Å². The molecule has 1 aromatic rings. The first-order valence-corrected chi connectivity index (χ1v) is 6.82. The van der Waals surface area contributed by atoms with E-state index in [-0.39, 0.29) is 5.75 Å². The largest absolute Gasteiger partial charge is 0.330 e. The van der Waals surface area contributed by atoms with E-state index >= 15 is 0 Å². The highest BCUT2D eigenvalue weighted by atomic mass is 32.2. The van der Waals surface area contributed by atoms with Crippen LogP contribution in [0.2, 0.25) is 0 Å². The predicted molar refractivity (Wildman–Crippen MR) is 64.7 cm³/mol. The molecule has 5 nitrogen and oxygen atoms in total. The van der Waals surface area contributed by atoms with Gasteiger partial charge in [0.05, 0.1) is 5.75 Å². The van der Waals surface area contributed by atoms with E-state index in [9.17, 15) is 8.42 Å². The lowest BCUT2D eigenvalue weighted by Gasteiger charge is -2.06. The average molecular weight is 243 g/mol. The van der Waals surface area contributed by atoms with Crippen molar-refractivity contribution in [3.63, 3.8) is 0 Å². The molecule has 90 valence electrons. The van der Waals surface area contributed by atoms with Crippen molar-refractivity contribution in [1.29, 1.82) is 0 Å². The Labute approximate surface area is 96.1 Å². The summed E-state index contributed by atoms with van der Waals surface area (Å²) in [4.78, 5) is 3.98. The molecule has 0 aromatic carbocycles. The minimum atomic E-state index is -3.29. The third-order valence-electron chi connectivity index (χ3n) is 2.04. The summed E-state index contributed by atoms with van der Waals surface area (Å²) >= 11 is 0. The first-order chi connectivity index (χ1) is 7.53. The van der Waals surface area contributed by atoms with Gasteiger partial charge in [-0.05, 0) is 37.9 Å². The molecule has 0 spiro atoms. The third-order valence-corrected chi connectivity index (χ3v) is 3.38. The molecule has 1 heterocycles. The van der Waals surface area contributed by atoms with Gasteiger partial charge in [-0.2, -0.15) is 0 Å². The van der Waals surface area contributed by atoms with E-state index in [0.717, 1.165) is 5.56 Å². The molecule has 0 amide bonds. The standard InChI is InChI=1S/C10H17N3O2S/c1-9-4-5-10(12-8-9)13-16(14,15)7-3-2-6-11/h4-5,8H,2-3,6-7,11H2,1H3,(H,12,13). The van der Waals surface area contributed by atoms with Crippen molar-refractivity contribution < 1.29 is 8.42 Å². The monoisotopic (exact) mass is 243 g/mol. The summed E-state index contributed by atoms with van der Waals surface area (Å²) in [7, 11) is -3.29. The molecule has 16 heavy (non-hydrogen) atoms. The first-order valence-electron chi connectivity index (χ1n) is 5.17. The number of nitrogens with one attached hydrogen (secondary N) is 1. The van der Waals surface area contributed by atoms with Gasteiger partial charge >= 0.3 is 0 Å². The van der Waals surface area contributed by atoms with Crippen LogP contribution in [0.3, 0.4) is 0 Å². The van der Waals surface area contributed by atoms with Crippen LogP contribution in [0.15, 0.2) is 18.3 Å². The SMILES string of the molecule is Cc1ccc(NS(=O)(=O)CCCCN)nc1. The number of aromatic nitrogens is 1. The smallest absolute Gasteiger partial charge is 0.233 e. The fourth-order valence-corrected chi connectivity index (χ4v) is 2.30. The van der Waals surface area contributed by atoms with Gasteiger partial charge in [-0.15, -0.1) is 0 Å². The number of hydrogen-bond acceptors (Lipinski definition) is 4. The Bertz CT molecular complexity index is 414. The summed E-state index contributed by atoms with van der Waals surface area (Å²) in [6, 6.07) is 3.46. The van der Waals surface area contributed by atoms with Gasteiger partial charge in [-0.1, -0.05) is 6.07 Å². The number of aryl methyl sites for hydroxylation is 1. The molecule has 1 rings (SSSR count). The number of pyridine rings is 1. The fourth-order valence-electron chi connectivity index (χ4n) is 1.17. The number of nitrogens with two attached hydrogens (primary N) is 1. The van der Waals surface area contributed by atoms with Crippen LogP contribution < -0.4 is 10.5 Å². The molecule has 0 radical (unpaired) electrons. The second-order valence-electron chi connectivity index (χ2n) is 3.64. The van der Waals surface area contributed by atoms with Gasteiger partial charge in [-0.3, -0.25) is 4.72 Å². The van der Waals surface area contributed by atoms with E-state index in [1.807, 2.05) is 13.0 Å². The number of unbranched alkanes of at least 4 members (excludes halogenated alkanes) is 1. The van der Waals surface area contributed by atoms with Crippen molar-refractivity contribution in [3.05, 3.63) is 23.9 Å². The van der Waals surface area contributed by atoms with Crippen LogP contribution in [-0.4, -0.2) is 25.7 Å². The first kappa shape index (κ1) is 12.9. The topological polar surface area (TPSA) is 85.1 Å². The van der Waals surface area contributed by atoms with E-state index in [4.69, 9.17) is 5.73 Å². The predicted octanol–water partition coefficient (Wildman–Crippen LogP) is 0.871. The Morgan fingerprint density at radius 1 is 1.38 bits per heavy atom. The number of nitrogens with zero attached hydrogens (tertiary/aromatic N) is 1.